The predicted molar refractivity (Wildman–Crippen MR) is 123 cm³/mol. The first kappa shape index (κ1) is 22.3. The Balaban J connectivity index is 1.53. The molecule has 2 amide bonds. The average molecular weight is 456 g/mol. The number of anilines is 1. The summed E-state index contributed by atoms with van der Waals surface area (Å²) in [7, 11) is 0. The van der Waals surface area contributed by atoms with Crippen molar-refractivity contribution in [1.82, 2.24) is 5.43 Å². The molecule has 0 saturated heterocycles. The molecule has 2 N–H and O–H groups in total. The fourth-order valence-corrected chi connectivity index (χ4v) is 2.92. The zero-order chi connectivity index (χ0) is 22.1. The van der Waals surface area contributed by atoms with E-state index in [0.717, 1.165) is 5.56 Å². The third kappa shape index (κ3) is 7.13. The van der Waals surface area contributed by atoms with Crippen LogP contribution in [-0.4, -0.2) is 18.0 Å². The van der Waals surface area contributed by atoms with E-state index in [1.807, 2.05) is 24.3 Å². The molecule has 0 heterocycles. The first-order valence-corrected chi connectivity index (χ1v) is 10.1. The molecule has 0 spiro atoms. The van der Waals surface area contributed by atoms with Crippen molar-refractivity contribution in [2.24, 2.45) is 5.10 Å². The number of amides is 2. The van der Waals surface area contributed by atoms with Crippen LogP contribution in [0.3, 0.4) is 0 Å². The van der Waals surface area contributed by atoms with Crippen molar-refractivity contribution in [3.8, 4) is 5.75 Å². The van der Waals surface area contributed by atoms with Gasteiger partial charge in [-0.25, -0.2) is 5.43 Å². The Morgan fingerprint density at radius 1 is 0.903 bits per heavy atom. The third-order valence-corrected chi connectivity index (χ3v) is 4.81. The molecule has 0 aliphatic carbocycles. The smallest absolute Gasteiger partial charge is 0.249 e. The van der Waals surface area contributed by atoms with E-state index in [4.69, 9.17) is 27.9 Å². The number of halogens is 2. The second-order valence-electron chi connectivity index (χ2n) is 6.46. The Hall–Kier alpha value is -3.35. The zero-order valence-corrected chi connectivity index (χ0v) is 17.9. The van der Waals surface area contributed by atoms with Gasteiger partial charge in [-0.05, 0) is 42.0 Å². The third-order valence-electron chi connectivity index (χ3n) is 4.07. The number of hydrogen-bond donors (Lipinski definition) is 2. The predicted octanol–water partition coefficient (Wildman–Crippen LogP) is 5.05. The molecule has 0 aliphatic heterocycles. The largest absolute Gasteiger partial charge is 0.488 e. The number of carbonyl (C=O) groups is 2. The maximum atomic E-state index is 11.9. The van der Waals surface area contributed by atoms with Gasteiger partial charge in [0, 0.05) is 11.3 Å². The van der Waals surface area contributed by atoms with Gasteiger partial charge in [-0.15, -0.1) is 0 Å². The van der Waals surface area contributed by atoms with Crippen LogP contribution in [0.15, 0.2) is 77.9 Å². The van der Waals surface area contributed by atoms with Crippen molar-refractivity contribution in [2.75, 3.05) is 5.32 Å². The Morgan fingerprint density at radius 3 is 2.42 bits per heavy atom. The van der Waals surface area contributed by atoms with E-state index >= 15 is 0 Å². The quantitative estimate of drug-likeness (QED) is 0.283. The number of benzene rings is 3. The molecule has 3 aromatic carbocycles. The van der Waals surface area contributed by atoms with E-state index in [9.17, 15) is 9.59 Å². The van der Waals surface area contributed by atoms with Crippen molar-refractivity contribution in [3.63, 3.8) is 0 Å². The summed E-state index contributed by atoms with van der Waals surface area (Å²) in [6, 6.07) is 21.4. The SMILES string of the molecule is O=C(CC(=O)Nc1ccccc1)NN=Cc1ccccc1OCc1ccc(Cl)c(Cl)c1. The number of carbonyl (C=O) groups excluding carboxylic acids is 2. The highest BCUT2D eigenvalue weighted by Crippen LogP contribution is 2.24. The Morgan fingerprint density at radius 2 is 1.65 bits per heavy atom. The lowest BCUT2D eigenvalue weighted by Crippen LogP contribution is -2.24. The summed E-state index contributed by atoms with van der Waals surface area (Å²) in [5.74, 6) is -0.378. The van der Waals surface area contributed by atoms with Crippen LogP contribution in [0, 0.1) is 0 Å². The van der Waals surface area contributed by atoms with Gasteiger partial charge in [-0.1, -0.05) is 59.6 Å². The van der Waals surface area contributed by atoms with Gasteiger partial charge in [0.05, 0.1) is 16.3 Å². The summed E-state index contributed by atoms with van der Waals surface area (Å²) in [5.41, 5.74) is 4.49. The average Bonchev–Trinajstić information content (AvgIpc) is 2.76. The summed E-state index contributed by atoms with van der Waals surface area (Å²) < 4.78 is 5.84. The monoisotopic (exact) mass is 455 g/mol. The van der Waals surface area contributed by atoms with Gasteiger partial charge in [-0.3, -0.25) is 9.59 Å². The lowest BCUT2D eigenvalue weighted by molar-refractivity contribution is -0.126. The topological polar surface area (TPSA) is 79.8 Å². The molecule has 0 bridgehead atoms. The molecule has 0 aliphatic rings. The molecule has 3 rings (SSSR count). The summed E-state index contributed by atoms with van der Waals surface area (Å²) in [6.07, 6.45) is 1.11. The van der Waals surface area contributed by atoms with Crippen LogP contribution >= 0.6 is 23.2 Å². The van der Waals surface area contributed by atoms with Gasteiger partial charge in [0.25, 0.3) is 0 Å². The van der Waals surface area contributed by atoms with E-state index in [0.29, 0.717) is 27.0 Å². The minimum atomic E-state index is -0.529. The van der Waals surface area contributed by atoms with Crippen LogP contribution < -0.4 is 15.5 Å². The molecule has 0 radical (unpaired) electrons. The fourth-order valence-electron chi connectivity index (χ4n) is 2.59. The van der Waals surface area contributed by atoms with Crippen molar-refractivity contribution in [2.45, 2.75) is 13.0 Å². The van der Waals surface area contributed by atoms with Crippen LogP contribution in [0.25, 0.3) is 0 Å². The van der Waals surface area contributed by atoms with E-state index in [2.05, 4.69) is 15.8 Å². The van der Waals surface area contributed by atoms with Crippen LogP contribution in [0.1, 0.15) is 17.5 Å². The number of nitrogens with one attached hydrogen (secondary N) is 2. The molecule has 0 unspecified atom stereocenters. The molecule has 3 aromatic rings. The van der Waals surface area contributed by atoms with Gasteiger partial charge in [0.2, 0.25) is 11.8 Å². The second kappa shape index (κ2) is 11.2. The second-order valence-corrected chi connectivity index (χ2v) is 7.27. The summed E-state index contributed by atoms with van der Waals surface area (Å²) in [6.45, 7) is 0.285. The molecule has 0 aromatic heterocycles. The number of rotatable bonds is 8. The number of hydrogen-bond acceptors (Lipinski definition) is 4. The zero-order valence-electron chi connectivity index (χ0n) is 16.3. The van der Waals surface area contributed by atoms with Gasteiger partial charge < -0.3 is 10.1 Å². The lowest BCUT2D eigenvalue weighted by atomic mass is 10.2. The van der Waals surface area contributed by atoms with Gasteiger partial charge in [0.1, 0.15) is 18.8 Å². The Labute approximate surface area is 189 Å². The molecule has 6 nitrogen and oxygen atoms in total. The van der Waals surface area contributed by atoms with Crippen molar-refractivity contribution in [1.29, 1.82) is 0 Å². The fraction of sp³-hybridized carbons (Fsp3) is 0.0870. The maximum absolute atomic E-state index is 11.9. The summed E-state index contributed by atoms with van der Waals surface area (Å²) in [5, 5.41) is 7.49. The van der Waals surface area contributed by atoms with Crippen LogP contribution in [0.5, 0.6) is 5.75 Å². The summed E-state index contributed by atoms with van der Waals surface area (Å²) in [4.78, 5) is 23.9. The highest BCUT2D eigenvalue weighted by molar-refractivity contribution is 6.42. The standard InChI is InChI=1S/C23H19Cl2N3O3/c24-19-11-10-16(12-20(19)25)15-31-21-9-5-4-6-17(21)14-26-28-23(30)13-22(29)27-18-7-2-1-3-8-18/h1-12,14H,13,15H2,(H,27,29)(H,28,30). The molecular formula is C23H19Cl2N3O3. The van der Waals surface area contributed by atoms with Crippen LogP contribution in [-0.2, 0) is 16.2 Å². The van der Waals surface area contributed by atoms with Gasteiger partial charge >= 0.3 is 0 Å². The van der Waals surface area contributed by atoms with Crippen LogP contribution in [0.4, 0.5) is 5.69 Å². The molecular weight excluding hydrogens is 437 g/mol. The van der Waals surface area contributed by atoms with E-state index in [1.165, 1.54) is 6.21 Å². The maximum Gasteiger partial charge on any atom is 0.249 e. The normalized spacial score (nSPS) is 10.6. The minimum Gasteiger partial charge on any atom is -0.488 e. The van der Waals surface area contributed by atoms with Crippen molar-refractivity contribution >= 4 is 46.9 Å². The highest BCUT2D eigenvalue weighted by Gasteiger charge is 2.09. The Kier molecular flexibility index (Phi) is 8.04. The van der Waals surface area contributed by atoms with Crippen LogP contribution in [0.2, 0.25) is 10.0 Å². The number of ether oxygens (including phenoxy) is 1. The molecule has 0 atom stereocenters. The molecule has 158 valence electrons. The summed E-state index contributed by atoms with van der Waals surface area (Å²) >= 11 is 12.0. The number of nitrogens with zero attached hydrogens (tertiary/aromatic N) is 1. The molecule has 8 heteroatoms. The minimum absolute atomic E-state index is 0.285. The van der Waals surface area contributed by atoms with E-state index in [-0.39, 0.29) is 13.0 Å². The molecule has 31 heavy (non-hydrogen) atoms. The lowest BCUT2D eigenvalue weighted by Gasteiger charge is -2.09. The van der Waals surface area contributed by atoms with E-state index in [1.54, 1.807) is 48.5 Å². The first-order valence-electron chi connectivity index (χ1n) is 9.34. The van der Waals surface area contributed by atoms with E-state index < -0.39 is 11.8 Å². The molecule has 0 fully saturated rings. The van der Waals surface area contributed by atoms with Gasteiger partial charge in [-0.2, -0.15) is 5.10 Å². The van der Waals surface area contributed by atoms with Crippen molar-refractivity contribution in [3.05, 3.63) is 94.0 Å². The first-order chi connectivity index (χ1) is 15.0. The number of hydrazone groups is 1. The number of para-hydroxylation sites is 2. The van der Waals surface area contributed by atoms with Crippen molar-refractivity contribution < 1.29 is 14.3 Å². The highest BCUT2D eigenvalue weighted by atomic mass is 35.5. The van der Waals surface area contributed by atoms with Gasteiger partial charge in [0.15, 0.2) is 0 Å². The Bertz CT molecular complexity index is 1090. The molecule has 0 saturated carbocycles.